The van der Waals surface area contributed by atoms with Crippen molar-refractivity contribution in [2.24, 2.45) is 5.16 Å². The summed E-state index contributed by atoms with van der Waals surface area (Å²) in [5, 5.41) is 24.6. The third-order valence-corrected chi connectivity index (χ3v) is 11.8. The topological polar surface area (TPSA) is 186 Å². The minimum atomic E-state index is -1.25. The number of aromatic nitrogens is 3. The second kappa shape index (κ2) is 14.1. The van der Waals surface area contributed by atoms with Crippen LogP contribution in [0.3, 0.4) is 0 Å². The fraction of sp³-hybridized carbons (Fsp3) is 0.406. The second-order valence-corrected chi connectivity index (χ2v) is 15.2. The van der Waals surface area contributed by atoms with Gasteiger partial charge in [-0.1, -0.05) is 40.2 Å². The summed E-state index contributed by atoms with van der Waals surface area (Å²) in [4.78, 5) is 53.2. The molecular formula is C32H35ClFN10O5S2+. The highest BCUT2D eigenvalue weighted by Gasteiger charge is 2.55. The first-order valence-corrected chi connectivity index (χ1v) is 18.5. The molecule has 268 valence electrons. The van der Waals surface area contributed by atoms with Crippen molar-refractivity contribution in [2.45, 2.75) is 50.3 Å². The number of halogens is 2. The Morgan fingerprint density at radius 3 is 2.71 bits per heavy atom. The number of amides is 2. The minimum Gasteiger partial charge on any atom is -0.477 e. The Morgan fingerprint density at radius 1 is 1.24 bits per heavy atom. The number of oxime groups is 1. The van der Waals surface area contributed by atoms with Gasteiger partial charge in [0.25, 0.3) is 11.8 Å². The number of carboxylic acid groups (broad SMARTS) is 1. The molecule has 2 fully saturated rings. The average Bonchev–Trinajstić information content (AvgIpc) is 3.81. The quantitative estimate of drug-likeness (QED) is 0.0786. The summed E-state index contributed by atoms with van der Waals surface area (Å²) in [6, 6.07) is 5.90. The largest absolute Gasteiger partial charge is 0.477 e. The number of likely N-dealkylation sites (tertiary alicyclic amines) is 1. The average molecular weight is 758 g/mol. The number of piperidine rings is 1. The van der Waals surface area contributed by atoms with Gasteiger partial charge in [0.1, 0.15) is 45.9 Å². The van der Waals surface area contributed by atoms with Crippen LogP contribution in [-0.2, 0) is 38.9 Å². The highest BCUT2D eigenvalue weighted by molar-refractivity contribution is 8.00. The number of nitrogens with two attached hydrogens (primary N) is 1. The molecule has 0 saturated carbocycles. The van der Waals surface area contributed by atoms with Crippen LogP contribution < -0.4 is 20.6 Å². The second-order valence-electron chi connectivity index (χ2n) is 12.4. The first-order chi connectivity index (χ1) is 24.5. The van der Waals surface area contributed by atoms with Gasteiger partial charge in [-0.25, -0.2) is 14.2 Å². The van der Waals surface area contributed by atoms with Crippen LogP contribution in [0.4, 0.5) is 15.3 Å². The Kier molecular flexibility index (Phi) is 9.64. The number of nitrogens with zero attached hydrogens (tertiary/aromatic N) is 7. The molecule has 4 aliphatic rings. The Hall–Kier alpha value is -4.68. The molecule has 0 spiro atoms. The molecule has 19 heteroatoms. The molecule has 6 heterocycles. The van der Waals surface area contributed by atoms with E-state index < -0.39 is 29.2 Å². The molecule has 1 aromatic carbocycles. The van der Waals surface area contributed by atoms with E-state index in [9.17, 15) is 19.5 Å². The van der Waals surface area contributed by atoms with Gasteiger partial charge in [0, 0.05) is 48.6 Å². The number of β-lactam (4-membered cyclic amide) rings is 1. The summed E-state index contributed by atoms with van der Waals surface area (Å²) in [7, 11) is 1.24. The Labute approximate surface area is 304 Å². The van der Waals surface area contributed by atoms with Crippen LogP contribution in [0.1, 0.15) is 36.1 Å². The van der Waals surface area contributed by atoms with E-state index in [0.717, 1.165) is 49.5 Å². The number of carbonyl (C=O) groups is 3. The van der Waals surface area contributed by atoms with E-state index in [-0.39, 0.29) is 38.9 Å². The molecular weight excluding hydrogens is 723 g/mol. The number of carboxylic acids is 1. The fourth-order valence-corrected chi connectivity index (χ4v) is 9.14. The van der Waals surface area contributed by atoms with Gasteiger partial charge in [0.2, 0.25) is 0 Å². The maximum atomic E-state index is 15.3. The Morgan fingerprint density at radius 2 is 2.02 bits per heavy atom. The van der Waals surface area contributed by atoms with E-state index in [2.05, 4.69) is 20.4 Å². The van der Waals surface area contributed by atoms with Crippen LogP contribution in [0.5, 0.6) is 0 Å². The van der Waals surface area contributed by atoms with Crippen LogP contribution in [0, 0.1) is 11.2 Å². The SMILES string of the molecule is CO/N=C(\C(=O)N[C@@H]1C(=O)N2C(C(=O)O)=C(C[n+]3ccc4n3CCN4Cc3ccc(C(=N)N4CCCCC4)cc3F)CS[C@H]12)c1nc(N)sc1Cl. The normalized spacial score (nSPS) is 20.3. The molecule has 15 nitrogen and oxygen atoms in total. The number of nitrogens with one attached hydrogen (secondary N) is 2. The lowest BCUT2D eigenvalue weighted by Gasteiger charge is -2.49. The van der Waals surface area contributed by atoms with Crippen LogP contribution in [-0.4, -0.2) is 97.8 Å². The first kappa shape index (κ1) is 34.8. The number of fused-ring (bicyclic) bond motifs is 2. The summed E-state index contributed by atoms with van der Waals surface area (Å²) in [6.45, 7) is 3.41. The van der Waals surface area contributed by atoms with Gasteiger partial charge in [0.15, 0.2) is 29.4 Å². The Balaban J connectivity index is 1.03. The zero-order valence-corrected chi connectivity index (χ0v) is 29.9. The maximum Gasteiger partial charge on any atom is 0.352 e. The van der Waals surface area contributed by atoms with Crippen molar-refractivity contribution in [1.82, 2.24) is 24.8 Å². The standard InChI is InChI=1S/C32H34ClFN10O5S2/c1-49-39-23(22-26(33)51-32(36)38-22)28(45)37-24-29(46)44-25(31(47)48)19(16-50-30(24)44)15-42-10-7-21-41(11-12-43(21)42)14-18-6-5-17(13-20(18)34)27(35)40-8-3-2-4-9-40/h5-7,10,13,24,30,35H,2-4,8-9,11-12,14-16H2,1H3,(H3-,36,37,38,45,47,48)/p+1/b35-27?,39-23-/t24-,30-/m1/s1. The van der Waals surface area contributed by atoms with Crippen molar-refractivity contribution in [3.8, 4) is 0 Å². The van der Waals surface area contributed by atoms with E-state index >= 15 is 4.39 Å². The number of anilines is 2. The van der Waals surface area contributed by atoms with E-state index in [1.807, 2.05) is 32.6 Å². The molecule has 0 bridgehead atoms. The first-order valence-electron chi connectivity index (χ1n) is 16.3. The maximum absolute atomic E-state index is 15.3. The van der Waals surface area contributed by atoms with E-state index in [1.165, 1.54) is 29.8 Å². The molecule has 3 aromatic rings. The number of thiazole rings is 1. The van der Waals surface area contributed by atoms with Crippen molar-refractivity contribution in [3.05, 3.63) is 68.7 Å². The molecule has 5 N–H and O–H groups in total. The summed E-state index contributed by atoms with van der Waals surface area (Å²) >= 11 is 8.47. The Bertz CT molecular complexity index is 1990. The number of hydrogen-bond donors (Lipinski definition) is 4. The number of nitrogen functional groups attached to an aromatic ring is 1. The van der Waals surface area contributed by atoms with Crippen LogP contribution in [0.15, 0.2) is 46.9 Å². The van der Waals surface area contributed by atoms with E-state index in [0.29, 0.717) is 47.9 Å². The summed E-state index contributed by atoms with van der Waals surface area (Å²) < 4.78 is 19.3. The zero-order chi connectivity index (χ0) is 36.0. The number of rotatable bonds is 10. The lowest BCUT2D eigenvalue weighted by molar-refractivity contribution is -0.766. The lowest BCUT2D eigenvalue weighted by atomic mass is 10.0. The number of aliphatic carboxylic acids is 1. The van der Waals surface area contributed by atoms with Gasteiger partial charge in [-0.15, -0.1) is 21.1 Å². The highest BCUT2D eigenvalue weighted by atomic mass is 35.5. The smallest absolute Gasteiger partial charge is 0.352 e. The van der Waals surface area contributed by atoms with Crippen molar-refractivity contribution < 1.29 is 33.4 Å². The van der Waals surface area contributed by atoms with Crippen LogP contribution >= 0.6 is 34.7 Å². The molecule has 0 unspecified atom stereocenters. The number of carbonyl (C=O) groups excluding carboxylic acids is 2. The monoisotopic (exact) mass is 757 g/mol. The zero-order valence-electron chi connectivity index (χ0n) is 27.5. The molecule has 2 amide bonds. The van der Waals surface area contributed by atoms with E-state index in [1.54, 1.807) is 6.07 Å². The van der Waals surface area contributed by atoms with Crippen molar-refractivity contribution in [3.63, 3.8) is 0 Å². The predicted octanol–water partition coefficient (Wildman–Crippen LogP) is 2.23. The number of amidine groups is 1. The van der Waals surface area contributed by atoms with Crippen molar-refractivity contribution in [2.75, 3.05) is 43.1 Å². The number of hydrogen-bond acceptors (Lipinski definition) is 11. The minimum absolute atomic E-state index is 0.00910. The molecule has 0 aliphatic carbocycles. The predicted molar refractivity (Wildman–Crippen MR) is 189 cm³/mol. The third-order valence-electron chi connectivity index (χ3n) is 9.35. The van der Waals surface area contributed by atoms with Crippen LogP contribution in [0.2, 0.25) is 4.34 Å². The van der Waals surface area contributed by atoms with E-state index in [4.69, 9.17) is 27.6 Å². The molecule has 2 saturated heterocycles. The summed E-state index contributed by atoms with van der Waals surface area (Å²) in [5.41, 5.74) is 6.97. The van der Waals surface area contributed by atoms with Crippen LogP contribution in [0.25, 0.3) is 0 Å². The van der Waals surface area contributed by atoms with Crippen molar-refractivity contribution >= 4 is 75.0 Å². The van der Waals surface area contributed by atoms with Gasteiger partial charge in [-0.05, 0) is 25.3 Å². The fourth-order valence-electron chi connectivity index (χ4n) is 6.88. The third kappa shape index (κ3) is 6.51. The van der Waals surface area contributed by atoms with Gasteiger partial charge in [-0.2, -0.15) is 0 Å². The van der Waals surface area contributed by atoms with Gasteiger partial charge < -0.3 is 30.8 Å². The number of thioether (sulfide) groups is 1. The lowest BCUT2D eigenvalue weighted by Crippen LogP contribution is -2.71. The molecule has 2 aromatic heterocycles. The van der Waals surface area contributed by atoms with Gasteiger partial charge in [-0.3, -0.25) is 19.9 Å². The van der Waals surface area contributed by atoms with Gasteiger partial charge in [0.05, 0.1) is 12.6 Å². The molecule has 4 aliphatic heterocycles. The molecule has 0 radical (unpaired) electrons. The molecule has 2 atom stereocenters. The summed E-state index contributed by atoms with van der Waals surface area (Å²) in [5.74, 6) is -1.44. The molecule has 51 heavy (non-hydrogen) atoms. The van der Waals surface area contributed by atoms with Crippen molar-refractivity contribution in [1.29, 1.82) is 5.41 Å². The molecule has 7 rings (SSSR count). The summed E-state index contributed by atoms with van der Waals surface area (Å²) in [6.07, 6.45) is 5.08. The number of benzene rings is 1. The van der Waals surface area contributed by atoms with Gasteiger partial charge >= 0.3 is 5.97 Å². The highest BCUT2D eigenvalue weighted by Crippen LogP contribution is 2.40.